The lowest BCUT2D eigenvalue weighted by atomic mass is 9.49. The van der Waals surface area contributed by atoms with Gasteiger partial charge in [0.05, 0.1) is 34.5 Å². The van der Waals surface area contributed by atoms with Crippen LogP contribution in [0, 0.1) is 23.7 Å². The van der Waals surface area contributed by atoms with Crippen LogP contribution in [-0.4, -0.2) is 28.7 Å². The highest BCUT2D eigenvalue weighted by Crippen LogP contribution is 2.65. The second kappa shape index (κ2) is 11.6. The van der Waals surface area contributed by atoms with Gasteiger partial charge in [0.25, 0.3) is 0 Å². The van der Waals surface area contributed by atoms with E-state index in [2.05, 4.69) is 6.58 Å². The summed E-state index contributed by atoms with van der Waals surface area (Å²) in [5.74, 6) is -5.13. The molecule has 2 saturated heterocycles. The van der Waals surface area contributed by atoms with Crippen LogP contribution in [0.4, 0.5) is 11.4 Å². The first kappa shape index (κ1) is 31.3. The molecule has 6 unspecified atom stereocenters. The molecule has 244 valence electrons. The highest BCUT2D eigenvalue weighted by molar-refractivity contribution is 6.33. The Labute approximate surface area is 293 Å². The Kier molecular flexibility index (Phi) is 7.39. The molecule has 8 rings (SSSR count). The first-order valence-electron chi connectivity index (χ1n) is 16.1. The van der Waals surface area contributed by atoms with Crippen LogP contribution < -0.4 is 9.80 Å². The third-order valence-corrected chi connectivity index (χ3v) is 11.4. The number of aromatic hydroxyl groups is 1. The first-order valence-corrected chi connectivity index (χ1v) is 16.9. The number of carbonyl (C=O) groups excluding carboxylic acids is 4. The average molecular weight is 690 g/mol. The van der Waals surface area contributed by atoms with Gasteiger partial charge in [0.15, 0.2) is 0 Å². The highest BCUT2D eigenvalue weighted by Gasteiger charge is 2.70. The molecule has 6 atom stereocenters. The van der Waals surface area contributed by atoms with Gasteiger partial charge in [0.2, 0.25) is 23.6 Å². The molecule has 1 saturated carbocycles. The molecule has 3 fully saturated rings. The Hall–Kier alpha value is -4.98. The van der Waals surface area contributed by atoms with E-state index in [0.717, 1.165) is 11.1 Å². The summed E-state index contributed by atoms with van der Waals surface area (Å²) >= 11 is 13.3. The maximum atomic E-state index is 15.3. The highest BCUT2D eigenvalue weighted by atomic mass is 35.5. The summed E-state index contributed by atoms with van der Waals surface area (Å²) in [4.78, 5) is 61.0. The number of rotatable bonds is 5. The molecule has 9 heteroatoms. The van der Waals surface area contributed by atoms with E-state index in [1.807, 2.05) is 36.4 Å². The van der Waals surface area contributed by atoms with E-state index in [9.17, 15) is 19.5 Å². The minimum Gasteiger partial charge on any atom is -0.508 e. The van der Waals surface area contributed by atoms with Crippen LogP contribution in [0.3, 0.4) is 0 Å². The van der Waals surface area contributed by atoms with E-state index >= 15 is 4.79 Å². The van der Waals surface area contributed by atoms with E-state index in [1.54, 1.807) is 60.7 Å². The summed E-state index contributed by atoms with van der Waals surface area (Å²) in [7, 11) is 0. The summed E-state index contributed by atoms with van der Waals surface area (Å²) in [5, 5.41) is 11.0. The number of benzene rings is 4. The smallest absolute Gasteiger partial charge is 0.246 e. The maximum Gasteiger partial charge on any atom is 0.246 e. The van der Waals surface area contributed by atoms with Gasteiger partial charge in [-0.15, -0.1) is 0 Å². The normalized spacial score (nSPS) is 27.5. The molecule has 7 nitrogen and oxygen atoms in total. The van der Waals surface area contributed by atoms with Gasteiger partial charge in [0, 0.05) is 16.0 Å². The molecule has 2 aliphatic heterocycles. The van der Waals surface area contributed by atoms with Crippen LogP contribution in [0.25, 0.3) is 6.08 Å². The minimum atomic E-state index is -1.46. The van der Waals surface area contributed by atoms with Gasteiger partial charge in [-0.3, -0.25) is 24.1 Å². The molecule has 4 aromatic carbocycles. The zero-order valence-corrected chi connectivity index (χ0v) is 27.6. The van der Waals surface area contributed by atoms with Gasteiger partial charge >= 0.3 is 0 Å². The quantitative estimate of drug-likeness (QED) is 0.171. The molecule has 1 N–H and O–H groups in total. The third kappa shape index (κ3) is 4.49. The van der Waals surface area contributed by atoms with Crippen molar-refractivity contribution in [2.75, 3.05) is 9.80 Å². The Balaban J connectivity index is 1.34. The number of carbonyl (C=O) groups is 4. The number of hydrogen-bond acceptors (Lipinski definition) is 5. The van der Waals surface area contributed by atoms with Crippen LogP contribution >= 0.6 is 23.2 Å². The number of phenols is 1. The lowest BCUT2D eigenvalue weighted by Gasteiger charge is -2.51. The number of amides is 4. The van der Waals surface area contributed by atoms with Gasteiger partial charge in [-0.1, -0.05) is 102 Å². The fourth-order valence-electron chi connectivity index (χ4n) is 8.85. The molecule has 0 radical (unpaired) electrons. The van der Waals surface area contributed by atoms with Crippen molar-refractivity contribution in [3.05, 3.63) is 142 Å². The second-order valence-electron chi connectivity index (χ2n) is 13.1. The van der Waals surface area contributed by atoms with E-state index in [1.165, 1.54) is 21.9 Å². The second-order valence-corrected chi connectivity index (χ2v) is 14.0. The Morgan fingerprint density at radius 1 is 0.776 bits per heavy atom. The van der Waals surface area contributed by atoms with E-state index in [4.69, 9.17) is 23.2 Å². The van der Waals surface area contributed by atoms with Gasteiger partial charge in [-0.05, 0) is 77.9 Å². The fourth-order valence-corrected chi connectivity index (χ4v) is 9.32. The van der Waals surface area contributed by atoms with Crippen LogP contribution in [0.5, 0.6) is 5.75 Å². The Morgan fingerprint density at radius 2 is 1.53 bits per heavy atom. The summed E-state index contributed by atoms with van der Waals surface area (Å²) in [6, 6.07) is 27.6. The summed E-state index contributed by atoms with van der Waals surface area (Å²) in [5.41, 5.74) is 2.19. The van der Waals surface area contributed by atoms with Crippen LogP contribution in [0.2, 0.25) is 10.0 Å². The lowest BCUT2D eigenvalue weighted by Crippen LogP contribution is -2.53. The Bertz CT molecular complexity index is 2110. The zero-order chi connectivity index (χ0) is 34.2. The topological polar surface area (TPSA) is 95.0 Å². The van der Waals surface area contributed by atoms with Gasteiger partial charge in [-0.25, -0.2) is 4.90 Å². The molecule has 4 amide bonds. The van der Waals surface area contributed by atoms with Gasteiger partial charge in [0.1, 0.15) is 5.75 Å². The molecule has 0 spiro atoms. The minimum absolute atomic E-state index is 0.0480. The first-order chi connectivity index (χ1) is 23.7. The molecule has 2 heterocycles. The van der Waals surface area contributed by atoms with E-state index in [-0.39, 0.29) is 35.4 Å². The Morgan fingerprint density at radius 3 is 2.22 bits per heavy atom. The summed E-state index contributed by atoms with van der Waals surface area (Å²) in [6.07, 6.45) is 4.12. The van der Waals surface area contributed by atoms with Gasteiger partial charge in [-0.2, -0.15) is 0 Å². The van der Waals surface area contributed by atoms with Crippen molar-refractivity contribution >= 4 is 64.3 Å². The molecule has 4 aliphatic rings. The van der Waals surface area contributed by atoms with Gasteiger partial charge < -0.3 is 5.11 Å². The third-order valence-electron chi connectivity index (χ3n) is 10.8. The van der Waals surface area contributed by atoms with Crippen molar-refractivity contribution < 1.29 is 24.3 Å². The van der Waals surface area contributed by atoms with Crippen molar-refractivity contribution in [1.82, 2.24) is 0 Å². The number of phenolic OH excluding ortho intramolecular Hbond substituents is 1. The molecule has 0 bridgehead atoms. The molecule has 2 aliphatic carbocycles. The van der Waals surface area contributed by atoms with Crippen LogP contribution in [0.1, 0.15) is 35.4 Å². The van der Waals surface area contributed by atoms with E-state index in [0.29, 0.717) is 27.5 Å². The zero-order valence-electron chi connectivity index (χ0n) is 26.1. The van der Waals surface area contributed by atoms with Crippen molar-refractivity contribution in [3.63, 3.8) is 0 Å². The van der Waals surface area contributed by atoms with E-state index < -0.39 is 46.8 Å². The van der Waals surface area contributed by atoms with Crippen molar-refractivity contribution in [3.8, 4) is 5.75 Å². The number of nitrogens with zero attached hydrogens (tertiary/aromatic N) is 2. The molecule has 4 aromatic rings. The number of imide groups is 2. The predicted molar refractivity (Wildman–Crippen MR) is 188 cm³/mol. The average Bonchev–Trinajstić information content (AvgIpc) is 3.49. The monoisotopic (exact) mass is 688 g/mol. The standard InChI is InChI=1S/C40H30Cl2N2O5/c1-2-22-11-13-25(14-12-22)43-36(46)30-18-17-28-31(34(30)38(43)48)21-32-37(47)44(26-10-6-9-24(41)19-26)39(49)40(32,23-7-4-3-5-8-23)35(28)29-16-15-27(45)20-33(29)42/h2-17,19-20,30-32,34-35,45H,1,18,21H2. The maximum absolute atomic E-state index is 15.3. The van der Waals surface area contributed by atoms with Crippen LogP contribution in [0.15, 0.2) is 115 Å². The van der Waals surface area contributed by atoms with Crippen molar-refractivity contribution in [2.45, 2.75) is 24.2 Å². The molecular weight excluding hydrogens is 659 g/mol. The lowest BCUT2D eigenvalue weighted by molar-refractivity contribution is -0.127. The SMILES string of the molecule is C=Cc1ccc(N2C(=O)C3CC=C4C(CC5C(=O)N(c6cccc(Cl)c6)C(=O)C5(c5ccccc5)C4c4ccc(O)cc4Cl)C3C2=O)cc1. The summed E-state index contributed by atoms with van der Waals surface area (Å²) in [6.45, 7) is 3.79. The number of anilines is 2. The number of allylic oxidation sites excluding steroid dienone is 2. The van der Waals surface area contributed by atoms with Crippen molar-refractivity contribution in [2.24, 2.45) is 23.7 Å². The molecule has 0 aromatic heterocycles. The molecular formula is C40H30Cl2N2O5. The predicted octanol–water partition coefficient (Wildman–Crippen LogP) is 7.71. The number of hydrogen-bond donors (Lipinski definition) is 1. The van der Waals surface area contributed by atoms with Crippen molar-refractivity contribution in [1.29, 1.82) is 0 Å². The fraction of sp³-hybridized carbons (Fsp3) is 0.200. The summed E-state index contributed by atoms with van der Waals surface area (Å²) < 4.78 is 0. The number of fused-ring (bicyclic) bond motifs is 4. The van der Waals surface area contributed by atoms with Crippen LogP contribution in [-0.2, 0) is 24.6 Å². The number of halogens is 2. The largest absolute Gasteiger partial charge is 0.508 e. The molecule has 49 heavy (non-hydrogen) atoms.